The highest BCUT2D eigenvalue weighted by molar-refractivity contribution is 5.77. The molecule has 3 aliphatic heterocycles. The average molecular weight is 664 g/mol. The van der Waals surface area contributed by atoms with Crippen LogP contribution in [0.1, 0.15) is 64.0 Å². The molecule has 0 radical (unpaired) electrons. The Morgan fingerprint density at radius 1 is 0.939 bits per heavy atom. The van der Waals surface area contributed by atoms with Gasteiger partial charge in [-0.1, -0.05) is 18.2 Å². The zero-order valence-electron chi connectivity index (χ0n) is 28.7. The zero-order valence-corrected chi connectivity index (χ0v) is 28.7. The number of piperazine rings is 1. The number of nitrogens with one attached hydrogen (secondary N) is 2. The molecule has 11 nitrogen and oxygen atoms in total. The van der Waals surface area contributed by atoms with Gasteiger partial charge in [0.05, 0.1) is 12.2 Å². The smallest absolute Gasteiger partial charge is 0.278 e. The van der Waals surface area contributed by atoms with E-state index < -0.39 is 5.60 Å². The average Bonchev–Trinajstić information content (AvgIpc) is 3.39. The van der Waals surface area contributed by atoms with Crippen molar-refractivity contribution in [3.8, 4) is 5.82 Å². The van der Waals surface area contributed by atoms with Crippen molar-refractivity contribution in [2.45, 2.75) is 70.4 Å². The molecule has 6 heterocycles. The number of allylic oxidation sites excluding steroid dienone is 2. The van der Waals surface area contributed by atoms with E-state index in [1.165, 1.54) is 63.8 Å². The summed E-state index contributed by atoms with van der Waals surface area (Å²) in [5.41, 5.74) is 2.50. The second-order valence-electron chi connectivity index (χ2n) is 14.9. The van der Waals surface area contributed by atoms with Crippen molar-refractivity contribution in [1.82, 2.24) is 34.5 Å². The summed E-state index contributed by atoms with van der Waals surface area (Å²) in [6.45, 7) is 10.1. The molecule has 4 aromatic rings. The van der Waals surface area contributed by atoms with Crippen molar-refractivity contribution in [2.24, 2.45) is 11.3 Å². The summed E-state index contributed by atoms with van der Waals surface area (Å²) < 4.78 is 3.36. The summed E-state index contributed by atoms with van der Waals surface area (Å²) in [4.78, 5) is 32.8. The minimum Gasteiger partial charge on any atom is -0.384 e. The molecule has 0 amide bonds. The molecule has 1 aliphatic carbocycles. The Hall–Kier alpha value is -4.06. The Labute approximate surface area is 288 Å². The van der Waals surface area contributed by atoms with E-state index in [-0.39, 0.29) is 5.56 Å². The highest BCUT2D eigenvalue weighted by Gasteiger charge is 2.36. The van der Waals surface area contributed by atoms with Gasteiger partial charge in [0.15, 0.2) is 11.5 Å². The predicted molar refractivity (Wildman–Crippen MR) is 194 cm³/mol. The van der Waals surface area contributed by atoms with Crippen molar-refractivity contribution in [1.29, 1.82) is 0 Å². The maximum atomic E-state index is 13.5. The molecular formula is C38H49N9O2. The van der Waals surface area contributed by atoms with E-state index in [9.17, 15) is 9.90 Å². The van der Waals surface area contributed by atoms with Gasteiger partial charge in [-0.25, -0.2) is 19.3 Å². The van der Waals surface area contributed by atoms with Crippen LogP contribution < -0.4 is 21.1 Å². The van der Waals surface area contributed by atoms with E-state index in [2.05, 4.69) is 49.7 Å². The quantitative estimate of drug-likeness (QED) is 0.255. The van der Waals surface area contributed by atoms with E-state index in [4.69, 9.17) is 9.97 Å². The molecule has 11 heteroatoms. The number of anilines is 3. The van der Waals surface area contributed by atoms with E-state index in [1.807, 2.05) is 30.4 Å². The summed E-state index contributed by atoms with van der Waals surface area (Å²) in [6.07, 6.45) is 15.2. The highest BCUT2D eigenvalue weighted by atomic mass is 16.3. The van der Waals surface area contributed by atoms with Crippen LogP contribution in [0, 0.1) is 11.3 Å². The normalized spacial score (nSPS) is 23.3. The maximum absolute atomic E-state index is 13.5. The van der Waals surface area contributed by atoms with Crippen molar-refractivity contribution in [2.75, 3.05) is 56.0 Å². The molecule has 3 N–H and O–H groups in total. The third-order valence-corrected chi connectivity index (χ3v) is 11.6. The van der Waals surface area contributed by atoms with Gasteiger partial charge in [-0.3, -0.25) is 9.69 Å². The lowest BCUT2D eigenvalue weighted by Crippen LogP contribution is -2.48. The first-order valence-corrected chi connectivity index (χ1v) is 18.2. The number of rotatable bonds is 5. The molecule has 1 aromatic carbocycles. The fourth-order valence-electron chi connectivity index (χ4n) is 8.48. The first kappa shape index (κ1) is 32.2. The summed E-state index contributed by atoms with van der Waals surface area (Å²) in [6, 6.07) is 14.0. The Morgan fingerprint density at radius 3 is 2.49 bits per heavy atom. The molecule has 1 saturated carbocycles. The van der Waals surface area contributed by atoms with Gasteiger partial charge in [0.2, 0.25) is 5.95 Å². The lowest BCUT2D eigenvalue weighted by molar-refractivity contribution is 0.0443. The van der Waals surface area contributed by atoms with Crippen LogP contribution in [-0.2, 0) is 12.1 Å². The molecule has 1 unspecified atom stereocenters. The fourth-order valence-corrected chi connectivity index (χ4v) is 8.48. The summed E-state index contributed by atoms with van der Waals surface area (Å²) in [5, 5.41) is 18.4. The van der Waals surface area contributed by atoms with Gasteiger partial charge in [0.25, 0.3) is 5.56 Å². The van der Waals surface area contributed by atoms with Crippen LogP contribution in [0.25, 0.3) is 16.9 Å². The first-order chi connectivity index (χ1) is 23.9. The van der Waals surface area contributed by atoms with Crippen LogP contribution in [0.3, 0.4) is 0 Å². The number of hydrogen-bond acceptors (Lipinski definition) is 9. The standard InChI is InChI=1S/C38H49N9O2/c1-37(49)14-3-2-4-21-46-35(48)31-26-40-36(43-34(31)47(46)33-7-5-6-32(37)42-33)41-29-8-10-30(11-9-29)45-24-22-44(23-25-45)27-28-12-15-38(16-13-28)17-19-39-20-18-38/h2,4-11,26,28,39,49H,3,12-25,27H2,1H3,(H,40,41,43). The minimum atomic E-state index is -1.09. The van der Waals surface area contributed by atoms with Crippen molar-refractivity contribution in [3.63, 3.8) is 0 Å². The van der Waals surface area contributed by atoms with Crippen LogP contribution in [0.5, 0.6) is 0 Å². The highest BCUT2D eigenvalue weighted by Crippen LogP contribution is 2.45. The van der Waals surface area contributed by atoms with Crippen LogP contribution in [0.2, 0.25) is 0 Å². The molecule has 8 rings (SSSR count). The molecule has 4 aliphatic rings. The van der Waals surface area contributed by atoms with Gasteiger partial charge in [-0.2, -0.15) is 4.98 Å². The molecule has 2 saturated heterocycles. The van der Waals surface area contributed by atoms with Gasteiger partial charge >= 0.3 is 0 Å². The Kier molecular flexibility index (Phi) is 8.75. The van der Waals surface area contributed by atoms with Crippen LogP contribution in [0.4, 0.5) is 17.3 Å². The maximum Gasteiger partial charge on any atom is 0.278 e. The monoisotopic (exact) mass is 663 g/mol. The second kappa shape index (κ2) is 13.3. The number of aromatic nitrogens is 5. The van der Waals surface area contributed by atoms with E-state index in [0.29, 0.717) is 53.3 Å². The van der Waals surface area contributed by atoms with Crippen molar-refractivity contribution >= 4 is 28.4 Å². The largest absolute Gasteiger partial charge is 0.384 e. The van der Waals surface area contributed by atoms with Gasteiger partial charge in [0, 0.05) is 50.3 Å². The molecule has 1 spiro atoms. The first-order valence-electron chi connectivity index (χ1n) is 18.2. The van der Waals surface area contributed by atoms with Gasteiger partial charge in [-0.05, 0) is 119 Å². The molecule has 49 heavy (non-hydrogen) atoms. The predicted octanol–water partition coefficient (Wildman–Crippen LogP) is 4.96. The van der Waals surface area contributed by atoms with Gasteiger partial charge in [0.1, 0.15) is 11.0 Å². The summed E-state index contributed by atoms with van der Waals surface area (Å²) in [7, 11) is 0. The van der Waals surface area contributed by atoms with Crippen molar-refractivity contribution in [3.05, 3.63) is 76.9 Å². The number of benzene rings is 1. The zero-order chi connectivity index (χ0) is 33.4. The van der Waals surface area contributed by atoms with Crippen molar-refractivity contribution < 1.29 is 5.11 Å². The molecular weight excluding hydrogens is 614 g/mol. The SMILES string of the molecule is CC1(O)CCC=CCn2c(=O)c3cnc(Nc4ccc(N5CCN(CC6CCC7(CCNCC7)CC6)CC5)cc4)nc3n2-c2cccc1n2. The minimum absolute atomic E-state index is 0.182. The Balaban J connectivity index is 0.932. The number of nitrogens with zero attached hydrogens (tertiary/aromatic N) is 7. The van der Waals surface area contributed by atoms with E-state index in [0.717, 1.165) is 37.8 Å². The number of aliphatic hydroxyl groups is 1. The fraction of sp³-hybridized carbons (Fsp3) is 0.526. The van der Waals surface area contributed by atoms with Gasteiger partial charge in [-0.15, -0.1) is 0 Å². The second-order valence-corrected chi connectivity index (χ2v) is 14.9. The third-order valence-electron chi connectivity index (χ3n) is 11.6. The lowest BCUT2D eigenvalue weighted by atomic mass is 9.65. The number of hydrogen-bond donors (Lipinski definition) is 3. The molecule has 3 aromatic heterocycles. The third kappa shape index (κ3) is 6.63. The number of fused-ring (bicyclic) bond motifs is 6. The Bertz CT molecular complexity index is 1850. The summed E-state index contributed by atoms with van der Waals surface area (Å²) >= 11 is 0. The Morgan fingerprint density at radius 2 is 1.71 bits per heavy atom. The van der Waals surface area contributed by atoms with Crippen LogP contribution >= 0.6 is 0 Å². The van der Waals surface area contributed by atoms with E-state index >= 15 is 0 Å². The van der Waals surface area contributed by atoms with E-state index in [1.54, 1.807) is 22.5 Å². The topological polar surface area (TPSA) is 116 Å². The number of piperidine rings is 1. The molecule has 2 bridgehead atoms. The molecule has 3 fully saturated rings. The number of pyridine rings is 1. The summed E-state index contributed by atoms with van der Waals surface area (Å²) in [5.74, 6) is 1.78. The van der Waals surface area contributed by atoms with Crippen LogP contribution in [0.15, 0.2) is 65.6 Å². The van der Waals surface area contributed by atoms with Crippen LogP contribution in [-0.4, -0.2) is 80.1 Å². The van der Waals surface area contributed by atoms with Gasteiger partial charge < -0.3 is 20.6 Å². The molecule has 1 atom stereocenters. The molecule has 258 valence electrons. The lowest BCUT2D eigenvalue weighted by Gasteiger charge is -2.45.